The molecule has 0 spiro atoms. The highest BCUT2D eigenvalue weighted by atomic mass is 16.7. The lowest BCUT2D eigenvalue weighted by molar-refractivity contribution is -0.302. The lowest BCUT2D eigenvalue weighted by Gasteiger charge is -2.40. The van der Waals surface area contributed by atoms with Crippen LogP contribution in [0.4, 0.5) is 0 Å². The second-order valence-electron chi connectivity index (χ2n) is 25.3. The summed E-state index contributed by atoms with van der Waals surface area (Å²) in [5.74, 6) is -0.196. The predicted octanol–water partition coefficient (Wildman–Crippen LogP) is 19.1. The minimum atomic E-state index is -1.58. The monoisotopic (exact) mass is 1220 g/mol. The molecule has 0 aliphatic carbocycles. The van der Waals surface area contributed by atoms with Gasteiger partial charge in [-0.1, -0.05) is 292 Å². The Hall–Kier alpha value is -2.90. The van der Waals surface area contributed by atoms with E-state index in [2.05, 4.69) is 79.9 Å². The van der Waals surface area contributed by atoms with E-state index in [1.54, 1.807) is 6.08 Å². The van der Waals surface area contributed by atoms with Crippen molar-refractivity contribution < 1.29 is 49.3 Å². The SMILES string of the molecule is CCC/C=C\C/C=C\CCCCCCCC(=O)OCCCCCCCCCCCCC/C=C\C/C=C\CCCCCCCCCCCCCCCCCCCC(=O)NC(COC1OC(CO)C(O)C(O)C1O)C(O)/C=C/CC/C=C/CCCCCCC. The van der Waals surface area contributed by atoms with Crippen LogP contribution in [0.5, 0.6) is 0 Å². The number of hydrogen-bond donors (Lipinski definition) is 6. The van der Waals surface area contributed by atoms with Crippen LogP contribution in [0.3, 0.4) is 0 Å². The molecule has 11 heteroatoms. The molecule has 506 valence electrons. The van der Waals surface area contributed by atoms with Crippen LogP contribution >= 0.6 is 0 Å². The molecule has 0 aromatic carbocycles. The van der Waals surface area contributed by atoms with E-state index in [1.165, 1.54) is 238 Å². The van der Waals surface area contributed by atoms with Crippen LogP contribution in [0.25, 0.3) is 0 Å². The van der Waals surface area contributed by atoms with Gasteiger partial charge in [-0.3, -0.25) is 9.59 Å². The Kier molecular flexibility index (Phi) is 61.0. The number of carbonyl (C=O) groups excluding carboxylic acids is 2. The van der Waals surface area contributed by atoms with Gasteiger partial charge in [0.2, 0.25) is 5.91 Å². The first-order chi connectivity index (χ1) is 42.7. The summed E-state index contributed by atoms with van der Waals surface area (Å²) in [4.78, 5) is 25.1. The Bertz CT molecular complexity index is 1680. The van der Waals surface area contributed by atoms with Crippen LogP contribution in [0.15, 0.2) is 72.9 Å². The van der Waals surface area contributed by atoms with Crippen molar-refractivity contribution in [3.63, 3.8) is 0 Å². The number of hydrogen-bond acceptors (Lipinski definition) is 10. The average Bonchev–Trinajstić information content (AvgIpc) is 3.60. The summed E-state index contributed by atoms with van der Waals surface area (Å²) in [6, 6.07) is -0.826. The van der Waals surface area contributed by atoms with Gasteiger partial charge in [0.1, 0.15) is 24.4 Å². The predicted molar refractivity (Wildman–Crippen MR) is 366 cm³/mol. The Morgan fingerprint density at radius 1 is 0.425 bits per heavy atom. The molecule has 1 saturated heterocycles. The molecule has 7 atom stereocenters. The molecule has 87 heavy (non-hydrogen) atoms. The quantitative estimate of drug-likeness (QED) is 0.0195. The fourth-order valence-corrected chi connectivity index (χ4v) is 11.2. The maximum atomic E-state index is 13.0. The maximum Gasteiger partial charge on any atom is 0.305 e. The molecule has 1 heterocycles. The van der Waals surface area contributed by atoms with E-state index in [9.17, 15) is 35.1 Å². The third-order valence-corrected chi connectivity index (χ3v) is 17.0. The molecule has 0 radical (unpaired) electrons. The molecule has 1 aliphatic rings. The van der Waals surface area contributed by atoms with E-state index >= 15 is 0 Å². The molecule has 0 bridgehead atoms. The molecule has 1 aliphatic heterocycles. The molecule has 6 N–H and O–H groups in total. The van der Waals surface area contributed by atoms with Crippen molar-refractivity contribution in [1.82, 2.24) is 5.32 Å². The number of amides is 1. The first kappa shape index (κ1) is 82.1. The van der Waals surface area contributed by atoms with Gasteiger partial charge in [0.15, 0.2) is 6.29 Å². The van der Waals surface area contributed by atoms with Gasteiger partial charge in [0, 0.05) is 12.8 Å². The molecule has 1 amide bonds. The third kappa shape index (κ3) is 53.5. The Balaban J connectivity index is 1.93. The average molecular weight is 1220 g/mol. The highest BCUT2D eigenvalue weighted by molar-refractivity contribution is 5.76. The number of carbonyl (C=O) groups is 2. The normalized spacial score (nSPS) is 18.3. The van der Waals surface area contributed by atoms with Crippen molar-refractivity contribution in [3.8, 4) is 0 Å². The van der Waals surface area contributed by atoms with E-state index in [-0.39, 0.29) is 18.5 Å². The van der Waals surface area contributed by atoms with Crippen molar-refractivity contribution >= 4 is 11.9 Å². The van der Waals surface area contributed by atoms with Crippen LogP contribution in [-0.4, -0.2) is 100 Å². The number of allylic oxidation sites excluding steroid dienone is 11. The number of aliphatic hydroxyl groups excluding tert-OH is 5. The Morgan fingerprint density at radius 2 is 0.805 bits per heavy atom. The van der Waals surface area contributed by atoms with Crippen LogP contribution in [-0.2, 0) is 23.8 Å². The number of esters is 1. The third-order valence-electron chi connectivity index (χ3n) is 17.0. The van der Waals surface area contributed by atoms with Gasteiger partial charge < -0.3 is 45.1 Å². The number of ether oxygens (including phenoxy) is 3. The molecule has 0 saturated carbocycles. The molecular weight excluding hydrogens is 1090 g/mol. The molecule has 7 unspecified atom stereocenters. The molecule has 11 nitrogen and oxygen atoms in total. The molecule has 0 aromatic rings. The van der Waals surface area contributed by atoms with Crippen molar-refractivity contribution in [2.75, 3.05) is 19.8 Å². The lowest BCUT2D eigenvalue weighted by atomic mass is 9.99. The molecule has 1 fully saturated rings. The number of unbranched alkanes of at least 4 members (excludes halogenated alkanes) is 40. The summed E-state index contributed by atoms with van der Waals surface area (Å²) >= 11 is 0. The first-order valence-corrected chi connectivity index (χ1v) is 36.7. The highest BCUT2D eigenvalue weighted by Crippen LogP contribution is 2.23. The van der Waals surface area contributed by atoms with Crippen LogP contribution in [0, 0.1) is 0 Å². The standard InChI is InChI=1S/C76H137NO10/c1-3-5-7-9-11-13-15-39-44-48-52-56-60-64-72(81)85-65-61-57-53-49-45-41-38-36-34-32-30-28-26-24-22-20-18-16-17-19-21-23-25-27-29-31-33-35-37-40-43-47-51-55-59-63-71(80)77-68(67-86-76-75(84)74(83)73(82)70(66-78)87-76)69(79)62-58-54-50-46-42-14-12-10-8-6-4-2/h7,9,13,15,18,20,24,26,42,46,58,62,68-70,73-76,78-79,82-84H,3-6,8,10-12,14,16-17,19,21-23,25,27-41,43-45,47-57,59-61,63-67H2,1-2H3,(H,77,80)/b9-7-,15-13-,20-18-,26-24-,46-42+,62-58+. The zero-order valence-corrected chi connectivity index (χ0v) is 56.2. The van der Waals surface area contributed by atoms with Gasteiger partial charge in [-0.15, -0.1) is 0 Å². The molecular formula is C76H137NO10. The summed E-state index contributed by atoms with van der Waals surface area (Å²) in [7, 11) is 0. The van der Waals surface area contributed by atoms with Crippen molar-refractivity contribution in [2.24, 2.45) is 0 Å². The second kappa shape index (κ2) is 64.6. The van der Waals surface area contributed by atoms with Gasteiger partial charge in [0.05, 0.1) is 32.0 Å². The number of aliphatic hydroxyl groups is 5. The number of nitrogens with one attached hydrogen (secondary N) is 1. The van der Waals surface area contributed by atoms with E-state index in [0.29, 0.717) is 19.4 Å². The first-order valence-electron chi connectivity index (χ1n) is 36.7. The summed E-state index contributed by atoms with van der Waals surface area (Å²) in [6.45, 7) is 4.26. The van der Waals surface area contributed by atoms with Gasteiger partial charge in [-0.05, 0) is 103 Å². The largest absolute Gasteiger partial charge is 0.466 e. The Morgan fingerprint density at radius 3 is 1.25 bits per heavy atom. The van der Waals surface area contributed by atoms with Crippen molar-refractivity contribution in [1.29, 1.82) is 0 Å². The van der Waals surface area contributed by atoms with Gasteiger partial charge in [-0.2, -0.15) is 0 Å². The van der Waals surface area contributed by atoms with Crippen LogP contribution in [0.2, 0.25) is 0 Å². The van der Waals surface area contributed by atoms with Gasteiger partial charge in [-0.25, -0.2) is 0 Å². The Labute approximate surface area is 534 Å². The zero-order valence-electron chi connectivity index (χ0n) is 56.2. The minimum Gasteiger partial charge on any atom is -0.466 e. The highest BCUT2D eigenvalue weighted by Gasteiger charge is 2.44. The van der Waals surface area contributed by atoms with Gasteiger partial charge >= 0.3 is 5.97 Å². The maximum absolute atomic E-state index is 13.0. The second-order valence-corrected chi connectivity index (χ2v) is 25.3. The number of rotatable bonds is 64. The summed E-state index contributed by atoms with van der Waals surface area (Å²) < 4.78 is 16.7. The summed E-state index contributed by atoms with van der Waals surface area (Å²) in [5, 5.41) is 54.4. The molecule has 0 aromatic heterocycles. The van der Waals surface area contributed by atoms with E-state index in [0.717, 1.165) is 70.6 Å². The minimum absolute atomic E-state index is 0.00596. The van der Waals surface area contributed by atoms with E-state index in [1.807, 2.05) is 6.08 Å². The fraction of sp³-hybridized carbons (Fsp3) is 0.816. The topological polar surface area (TPSA) is 175 Å². The smallest absolute Gasteiger partial charge is 0.305 e. The van der Waals surface area contributed by atoms with Crippen molar-refractivity contribution in [3.05, 3.63) is 72.9 Å². The van der Waals surface area contributed by atoms with E-state index in [4.69, 9.17) is 14.2 Å². The molecule has 1 rings (SSSR count). The van der Waals surface area contributed by atoms with E-state index < -0.39 is 49.5 Å². The van der Waals surface area contributed by atoms with Crippen LogP contribution < -0.4 is 5.32 Å². The van der Waals surface area contributed by atoms with Crippen molar-refractivity contribution in [2.45, 2.75) is 378 Å². The fourth-order valence-electron chi connectivity index (χ4n) is 11.2. The lowest BCUT2D eigenvalue weighted by Crippen LogP contribution is -2.60. The summed E-state index contributed by atoms with van der Waals surface area (Å²) in [5.41, 5.74) is 0. The van der Waals surface area contributed by atoms with Crippen LogP contribution in [0.1, 0.15) is 335 Å². The van der Waals surface area contributed by atoms with Gasteiger partial charge in [0.25, 0.3) is 0 Å². The summed E-state index contributed by atoms with van der Waals surface area (Å²) in [6.07, 6.45) is 77.8. The zero-order chi connectivity index (χ0) is 63.0.